The van der Waals surface area contributed by atoms with Gasteiger partial charge in [-0.05, 0) is 0 Å². The molecule has 0 saturated carbocycles. The van der Waals surface area contributed by atoms with Crippen LogP contribution in [0.15, 0.2) is 60.7 Å². The van der Waals surface area contributed by atoms with Crippen LogP contribution in [-0.4, -0.2) is 185 Å². The van der Waals surface area contributed by atoms with Crippen molar-refractivity contribution in [1.82, 2.24) is 0 Å². The molecule has 428 valence electrons. The van der Waals surface area contributed by atoms with Crippen LogP contribution >= 0.6 is 0 Å². The molecular weight excluding hydrogens is 1230 g/mol. The molecule has 7 N–H and O–H groups in total. The Bertz CT molecular complexity index is 2310. The van der Waals surface area contributed by atoms with Gasteiger partial charge in [-0.25, -0.2) is 8.37 Å². The van der Waals surface area contributed by atoms with Gasteiger partial charge in [-0.15, -0.1) is 0 Å². The molecule has 2 aromatic rings. The Kier molecular flexibility index (Phi) is 25.7. The largest absolute Gasteiger partial charge is 0.400 e. The minimum atomic E-state index is -4.81. The molecule has 0 aromatic heterocycles. The van der Waals surface area contributed by atoms with Gasteiger partial charge in [0.1, 0.15) is 12.2 Å². The molecule has 6 saturated heterocycles. The molecule has 74 heavy (non-hydrogen) atoms. The molecule has 6 aliphatic rings. The number of rotatable bonds is 15. The average Bonchev–Trinajstić information content (AvgIpc) is 3.94. The summed E-state index contributed by atoms with van der Waals surface area (Å²) < 4.78 is 125. The van der Waals surface area contributed by atoms with Gasteiger partial charge in [-0.3, -0.25) is 0 Å². The predicted molar refractivity (Wildman–Crippen MR) is 277 cm³/mol. The summed E-state index contributed by atoms with van der Waals surface area (Å²) in [7, 11) is -13.3. The molecule has 6 heterocycles. The molecule has 0 spiro atoms. The van der Waals surface area contributed by atoms with E-state index < -0.39 is 132 Å². The summed E-state index contributed by atoms with van der Waals surface area (Å²) in [6.45, 7) is 13.1. The topological polar surface area (TPSA) is 318 Å². The molecule has 19 atom stereocenters. The molecule has 27 heteroatoms. The Hall–Kier alpha value is -0.752. The third-order valence-corrected chi connectivity index (χ3v) is 34.2. The van der Waals surface area contributed by atoms with Crippen molar-refractivity contribution in [3.63, 3.8) is 0 Å². The van der Waals surface area contributed by atoms with E-state index in [1.165, 1.54) is 17.1 Å². The van der Waals surface area contributed by atoms with E-state index in [0.717, 1.165) is 59.3 Å². The quantitative estimate of drug-likeness (QED) is 0.0985. The fourth-order valence-electron chi connectivity index (χ4n) is 9.70. The smallest absolute Gasteiger partial charge is 0.346 e. The summed E-state index contributed by atoms with van der Waals surface area (Å²) in [6.07, 6.45) is -5.69. The zero-order valence-corrected chi connectivity index (χ0v) is 50.4. The standard InChI is InChI=1S/C19H30O6SSe.C11H12O6S.C9H20O9SSe.C8H16Se/c1-4-18-14(3)13(2)11-27(18)12-17-16(25-26(20,21)22)10-23-19(24-17)15-8-6-5-7-9-15;12-18(13)15-7-9-10(17-18)6-14-11(16-9)8-4-2-1-3-5-8;10-1-7(18-19(15,16)17)5(12)3-20-4-6(13)9(14)8(20)2-11;1-4-8-7(3)6(2)5-9-8/h5-9,13-14,16-19,27H,4,10-12H2,1-3H3,(H,20,21,22);1-5,9-11H,6-7H2;5-14,20H,1-4H2,(H,15,16,17);6-8H,4-5H2,1-3H3/t13-,14+,16-,17+,18-,19?;9-,10?,11?;5-,6+,7+,8+,9-;6-,7+,8-/m1001/s1. The van der Waals surface area contributed by atoms with E-state index in [1.54, 1.807) is 0 Å². The molecule has 8 rings (SSSR count). The van der Waals surface area contributed by atoms with Crippen LogP contribution in [0.2, 0.25) is 41.0 Å². The summed E-state index contributed by atoms with van der Waals surface area (Å²) in [5, 5.41) is 51.1. The maximum atomic E-state index is 11.3. The predicted octanol–water partition coefficient (Wildman–Crippen LogP) is 3.79. The summed E-state index contributed by atoms with van der Waals surface area (Å²) in [4.78, 5) is 1.31. The zero-order valence-electron chi connectivity index (χ0n) is 42.4. The maximum absolute atomic E-state index is 11.3. The number of ether oxygens (including phenoxy) is 4. The van der Waals surface area contributed by atoms with Crippen molar-refractivity contribution in [2.45, 2.75) is 157 Å². The second-order valence-corrected chi connectivity index (χ2v) is 36.1. The van der Waals surface area contributed by atoms with Crippen LogP contribution in [-0.2, 0) is 66.9 Å². The Morgan fingerprint density at radius 2 is 1.36 bits per heavy atom. The van der Waals surface area contributed by atoms with Gasteiger partial charge in [0.2, 0.25) is 0 Å². The monoisotopic (exact) mass is 1310 g/mol. The van der Waals surface area contributed by atoms with Crippen molar-refractivity contribution in [2.75, 3.05) is 33.0 Å². The fourth-order valence-corrected chi connectivity index (χ4v) is 29.7. The molecule has 0 bridgehead atoms. The van der Waals surface area contributed by atoms with Crippen molar-refractivity contribution < 1.29 is 95.6 Å². The number of hydrogen-bond acceptors (Lipinski definition) is 19. The minimum Gasteiger partial charge on any atom is -0.346 e. The van der Waals surface area contributed by atoms with Gasteiger partial charge in [-0.2, -0.15) is 8.42 Å². The first-order valence-electron chi connectivity index (χ1n) is 24.8. The number of benzene rings is 2. The number of hydrogen-bond donors (Lipinski definition) is 7. The SMILES string of the molecule is CC[C@@H]1[C@@H](C)[C@H](C)C[SeH]1C[C@@H]1OC(c2ccccc2)OC[C@H]1OS(=O)(=O)O.CC[C@H]1[Se]C[C@@H](C)[C@@H]1C.O=S(=O)(O)O[C@H](CO)[C@@H](O)C[SeH]1C[C@@H](O)[C@H](O)[C@H]1CO.O=S1(=O)OC[C@@H]2OC(c3ccccc3)OCC2O1. The van der Waals surface area contributed by atoms with E-state index in [2.05, 4.69) is 49.9 Å². The van der Waals surface area contributed by atoms with Crippen LogP contribution in [0.4, 0.5) is 0 Å². The van der Waals surface area contributed by atoms with Crippen LogP contribution in [0.1, 0.15) is 78.1 Å². The molecule has 21 nitrogen and oxygen atoms in total. The van der Waals surface area contributed by atoms with E-state index in [9.17, 15) is 45.7 Å². The van der Waals surface area contributed by atoms with E-state index in [0.29, 0.717) is 11.8 Å². The first-order chi connectivity index (χ1) is 34.9. The third kappa shape index (κ3) is 19.2. The Morgan fingerprint density at radius 1 is 0.757 bits per heavy atom. The fraction of sp³-hybridized carbons (Fsp3) is 0.745. The number of fused-ring (bicyclic) bond motifs is 1. The van der Waals surface area contributed by atoms with Crippen LogP contribution in [0, 0.1) is 23.7 Å². The second kappa shape index (κ2) is 29.6. The van der Waals surface area contributed by atoms with Crippen molar-refractivity contribution in [1.29, 1.82) is 0 Å². The van der Waals surface area contributed by atoms with Crippen molar-refractivity contribution in [3.05, 3.63) is 71.8 Å². The Balaban J connectivity index is 0.000000193. The van der Waals surface area contributed by atoms with Crippen LogP contribution in [0.5, 0.6) is 0 Å². The summed E-state index contributed by atoms with van der Waals surface area (Å²) >= 11 is -2.30. The van der Waals surface area contributed by atoms with Crippen molar-refractivity contribution >= 4 is 74.0 Å². The van der Waals surface area contributed by atoms with Crippen molar-refractivity contribution in [2.24, 2.45) is 23.7 Å². The van der Waals surface area contributed by atoms with E-state index >= 15 is 0 Å². The molecule has 6 aliphatic heterocycles. The van der Waals surface area contributed by atoms with Gasteiger partial charge < -0.3 is 9.47 Å². The van der Waals surface area contributed by atoms with E-state index in [-0.39, 0.29) is 37.1 Å². The van der Waals surface area contributed by atoms with E-state index in [1.807, 2.05) is 60.7 Å². The van der Waals surface area contributed by atoms with Gasteiger partial charge in [0.25, 0.3) is 0 Å². The first kappa shape index (κ1) is 64.1. The molecule has 0 amide bonds. The van der Waals surface area contributed by atoms with Crippen LogP contribution < -0.4 is 0 Å². The van der Waals surface area contributed by atoms with Gasteiger partial charge in [-0.1, -0.05) is 30.3 Å². The second-order valence-electron chi connectivity index (χ2n) is 19.3. The first-order valence-corrected chi connectivity index (χ1v) is 38.5. The van der Waals surface area contributed by atoms with Gasteiger partial charge in [0.05, 0.1) is 13.2 Å². The Labute approximate surface area is 451 Å². The minimum absolute atomic E-state index is 0.0348. The molecule has 0 radical (unpaired) electrons. The van der Waals surface area contributed by atoms with Crippen LogP contribution in [0.3, 0.4) is 0 Å². The molecule has 0 aliphatic carbocycles. The molecule has 5 unspecified atom stereocenters. The molecular formula is C47H78O21S3Se3. The summed E-state index contributed by atoms with van der Waals surface area (Å²) in [6, 6.07) is 19.0. The normalized spacial score (nSPS) is 37.6. The molecule has 2 aromatic carbocycles. The summed E-state index contributed by atoms with van der Waals surface area (Å²) in [5.41, 5.74) is 1.78. The van der Waals surface area contributed by atoms with Gasteiger partial charge >= 0.3 is 361 Å². The maximum Gasteiger partial charge on any atom is 0.400 e. The van der Waals surface area contributed by atoms with Crippen molar-refractivity contribution in [3.8, 4) is 0 Å². The molecule has 6 fully saturated rings. The third-order valence-electron chi connectivity index (χ3n) is 14.2. The van der Waals surface area contributed by atoms with E-state index in [4.69, 9.17) is 41.5 Å². The summed E-state index contributed by atoms with van der Waals surface area (Å²) in [5.74, 6) is 3.44. The van der Waals surface area contributed by atoms with Gasteiger partial charge in [0.15, 0.2) is 6.29 Å². The average molecular weight is 1310 g/mol. The number of aliphatic hydroxyl groups is 5. The number of aliphatic hydroxyl groups excluding tert-OH is 5. The van der Waals surface area contributed by atoms with Gasteiger partial charge in [0, 0.05) is 5.56 Å². The zero-order chi connectivity index (χ0) is 54.5. The van der Waals surface area contributed by atoms with Crippen LogP contribution in [0.25, 0.3) is 0 Å². The Morgan fingerprint density at radius 3 is 1.88 bits per heavy atom.